The molecule has 148 valence electrons. The summed E-state index contributed by atoms with van der Waals surface area (Å²) in [5.41, 5.74) is 7.72. The van der Waals surface area contributed by atoms with Gasteiger partial charge in [-0.3, -0.25) is 9.78 Å². The minimum absolute atomic E-state index is 0.0137. The number of nitrogens with one attached hydrogen (secondary N) is 1. The Morgan fingerprint density at radius 1 is 1.13 bits per heavy atom. The number of aromatic amines is 1. The highest BCUT2D eigenvalue weighted by atomic mass is 16.5. The Labute approximate surface area is 172 Å². The lowest BCUT2D eigenvalue weighted by Gasteiger charge is -2.12. The first kappa shape index (κ1) is 20.3. The molecule has 0 unspecified atom stereocenters. The summed E-state index contributed by atoms with van der Waals surface area (Å²) in [6, 6.07) is 12.2. The van der Waals surface area contributed by atoms with Gasteiger partial charge in [0.15, 0.2) is 0 Å². The molecule has 0 bridgehead atoms. The van der Waals surface area contributed by atoms with E-state index in [1.54, 1.807) is 50.4 Å². The van der Waals surface area contributed by atoms with E-state index in [1.165, 1.54) is 0 Å². The lowest BCUT2D eigenvalue weighted by Crippen LogP contribution is -2.16. The molecule has 8 nitrogen and oxygen atoms in total. The maximum atomic E-state index is 12.4. The summed E-state index contributed by atoms with van der Waals surface area (Å²) >= 11 is 0. The van der Waals surface area contributed by atoms with Crippen LogP contribution in [-0.2, 0) is 4.74 Å². The van der Waals surface area contributed by atoms with E-state index in [-0.39, 0.29) is 29.1 Å². The minimum atomic E-state index is -0.668. The molecule has 0 radical (unpaired) electrons. The summed E-state index contributed by atoms with van der Waals surface area (Å²) in [6.07, 6.45) is 1.60. The van der Waals surface area contributed by atoms with E-state index in [1.807, 2.05) is 12.1 Å². The Balaban J connectivity index is 2.17. The number of ether oxygens (including phenoxy) is 1. The number of hydrogen-bond donors (Lipinski definition) is 2. The first-order chi connectivity index (χ1) is 14.4. The third kappa shape index (κ3) is 3.50. The monoisotopic (exact) mass is 399 g/mol. The molecule has 0 amide bonds. The fraction of sp³-hybridized carbons (Fsp3) is 0.136. The summed E-state index contributed by atoms with van der Waals surface area (Å²) in [5.74, 6) is -0.575. The molecule has 30 heavy (non-hydrogen) atoms. The molecule has 0 atom stereocenters. The molecule has 0 fully saturated rings. The van der Waals surface area contributed by atoms with Crippen molar-refractivity contribution in [2.24, 2.45) is 0 Å². The third-order valence-corrected chi connectivity index (χ3v) is 4.55. The van der Waals surface area contributed by atoms with Crippen LogP contribution in [-0.4, -0.2) is 22.5 Å². The van der Waals surface area contributed by atoms with Gasteiger partial charge in [0, 0.05) is 17.3 Å². The summed E-state index contributed by atoms with van der Waals surface area (Å²) in [6.45, 7) is 3.76. The molecule has 0 aliphatic rings. The minimum Gasteiger partial charge on any atom is -0.462 e. The number of benzene rings is 1. The Bertz CT molecular complexity index is 1280. The SMILES string of the molecule is CCOC(=O)c1c(C)ccnc1-c1ccc(-c2c(C#N)c(N)[nH]c(=O)c2C#N)cc1. The number of rotatable bonds is 4. The smallest absolute Gasteiger partial charge is 0.340 e. The molecule has 3 aromatic rings. The van der Waals surface area contributed by atoms with Gasteiger partial charge in [-0.15, -0.1) is 0 Å². The third-order valence-electron chi connectivity index (χ3n) is 4.55. The highest BCUT2D eigenvalue weighted by Gasteiger charge is 2.20. The molecular formula is C22H17N5O3. The molecule has 0 aliphatic heterocycles. The van der Waals surface area contributed by atoms with E-state index >= 15 is 0 Å². The first-order valence-corrected chi connectivity index (χ1v) is 9.02. The van der Waals surface area contributed by atoms with Gasteiger partial charge >= 0.3 is 5.97 Å². The van der Waals surface area contributed by atoms with E-state index in [0.29, 0.717) is 22.4 Å². The lowest BCUT2D eigenvalue weighted by molar-refractivity contribution is 0.0526. The summed E-state index contributed by atoms with van der Waals surface area (Å²) < 4.78 is 5.15. The van der Waals surface area contributed by atoms with E-state index < -0.39 is 11.5 Å². The Hall–Kier alpha value is -4.43. The van der Waals surface area contributed by atoms with Crippen molar-refractivity contribution in [2.45, 2.75) is 13.8 Å². The summed E-state index contributed by atoms with van der Waals surface area (Å²) in [7, 11) is 0. The van der Waals surface area contributed by atoms with E-state index in [4.69, 9.17) is 10.5 Å². The van der Waals surface area contributed by atoms with Gasteiger partial charge < -0.3 is 15.5 Å². The van der Waals surface area contributed by atoms with Crippen LogP contribution in [0.1, 0.15) is 34.0 Å². The Morgan fingerprint density at radius 2 is 1.77 bits per heavy atom. The normalized spacial score (nSPS) is 10.1. The number of nitrogens with two attached hydrogens (primary N) is 1. The number of nitrogen functional groups attached to an aromatic ring is 1. The van der Waals surface area contributed by atoms with Gasteiger partial charge in [-0.25, -0.2) is 4.79 Å². The van der Waals surface area contributed by atoms with Gasteiger partial charge in [-0.1, -0.05) is 24.3 Å². The van der Waals surface area contributed by atoms with Crippen LogP contribution in [0.5, 0.6) is 0 Å². The average Bonchev–Trinajstić information content (AvgIpc) is 2.73. The zero-order chi connectivity index (χ0) is 21.8. The average molecular weight is 399 g/mol. The maximum Gasteiger partial charge on any atom is 0.340 e. The summed E-state index contributed by atoms with van der Waals surface area (Å²) in [5, 5.41) is 18.9. The van der Waals surface area contributed by atoms with Crippen molar-refractivity contribution < 1.29 is 9.53 Å². The van der Waals surface area contributed by atoms with Crippen LogP contribution in [0.4, 0.5) is 5.82 Å². The van der Waals surface area contributed by atoms with Crippen LogP contribution in [0.25, 0.3) is 22.4 Å². The second-order valence-electron chi connectivity index (χ2n) is 6.37. The quantitative estimate of drug-likeness (QED) is 0.641. The number of nitriles is 2. The van der Waals surface area contributed by atoms with Crippen LogP contribution in [0.2, 0.25) is 0 Å². The molecule has 0 saturated carbocycles. The molecule has 2 heterocycles. The molecule has 8 heteroatoms. The topological polar surface area (TPSA) is 146 Å². The predicted molar refractivity (Wildman–Crippen MR) is 110 cm³/mol. The van der Waals surface area contributed by atoms with Gasteiger partial charge in [0.25, 0.3) is 5.56 Å². The number of nitrogens with zero attached hydrogens (tertiary/aromatic N) is 3. The second kappa shape index (κ2) is 8.29. The van der Waals surface area contributed by atoms with Crippen molar-refractivity contribution in [3.05, 3.63) is 69.1 Å². The standard InChI is InChI=1S/C22H17N5O3/c1-3-30-22(29)17-12(2)8-9-26-19(17)14-6-4-13(5-7-14)18-15(10-23)20(25)27-21(28)16(18)11-24/h4-9H,3H2,1-2H3,(H3,25,27,28). The van der Waals surface area contributed by atoms with Gasteiger partial charge in [-0.2, -0.15) is 10.5 Å². The Kier molecular flexibility index (Phi) is 5.61. The van der Waals surface area contributed by atoms with Crippen molar-refractivity contribution in [3.8, 4) is 34.5 Å². The number of hydrogen-bond acceptors (Lipinski definition) is 7. The molecule has 2 aromatic heterocycles. The maximum absolute atomic E-state index is 12.4. The van der Waals surface area contributed by atoms with Crippen LogP contribution >= 0.6 is 0 Å². The number of aryl methyl sites for hydroxylation is 1. The van der Waals surface area contributed by atoms with Crippen LogP contribution < -0.4 is 11.3 Å². The fourth-order valence-electron chi connectivity index (χ4n) is 3.16. The highest BCUT2D eigenvalue weighted by molar-refractivity contribution is 5.97. The molecule has 0 saturated heterocycles. The number of esters is 1. The van der Waals surface area contributed by atoms with E-state index in [0.717, 1.165) is 5.56 Å². The predicted octanol–water partition coefficient (Wildman–Crippen LogP) is 2.91. The van der Waals surface area contributed by atoms with E-state index in [9.17, 15) is 20.1 Å². The largest absolute Gasteiger partial charge is 0.462 e. The van der Waals surface area contributed by atoms with Crippen LogP contribution in [0.15, 0.2) is 41.3 Å². The zero-order valence-electron chi connectivity index (χ0n) is 16.3. The van der Waals surface area contributed by atoms with Crippen molar-refractivity contribution in [2.75, 3.05) is 12.3 Å². The van der Waals surface area contributed by atoms with Crippen LogP contribution in [0, 0.1) is 29.6 Å². The second-order valence-corrected chi connectivity index (χ2v) is 6.37. The fourth-order valence-corrected chi connectivity index (χ4v) is 3.16. The first-order valence-electron chi connectivity index (χ1n) is 9.02. The zero-order valence-corrected chi connectivity index (χ0v) is 16.3. The van der Waals surface area contributed by atoms with Gasteiger partial charge in [-0.05, 0) is 31.0 Å². The highest BCUT2D eigenvalue weighted by Crippen LogP contribution is 2.31. The molecular weight excluding hydrogens is 382 g/mol. The number of carbonyl (C=O) groups excluding carboxylic acids is 1. The lowest BCUT2D eigenvalue weighted by atomic mass is 9.94. The van der Waals surface area contributed by atoms with Gasteiger partial charge in [0.2, 0.25) is 0 Å². The van der Waals surface area contributed by atoms with Crippen LogP contribution in [0.3, 0.4) is 0 Å². The molecule has 1 aromatic carbocycles. The molecule has 3 rings (SSSR count). The number of carbonyl (C=O) groups is 1. The molecule has 3 N–H and O–H groups in total. The Morgan fingerprint density at radius 3 is 2.37 bits per heavy atom. The summed E-state index contributed by atoms with van der Waals surface area (Å²) in [4.78, 5) is 31.2. The van der Waals surface area contributed by atoms with Crippen molar-refractivity contribution in [3.63, 3.8) is 0 Å². The number of aromatic nitrogens is 2. The van der Waals surface area contributed by atoms with Gasteiger partial charge in [0.1, 0.15) is 29.1 Å². The van der Waals surface area contributed by atoms with Crippen molar-refractivity contribution in [1.29, 1.82) is 10.5 Å². The van der Waals surface area contributed by atoms with Crippen molar-refractivity contribution in [1.82, 2.24) is 9.97 Å². The number of H-pyrrole nitrogens is 1. The van der Waals surface area contributed by atoms with E-state index in [2.05, 4.69) is 9.97 Å². The van der Waals surface area contributed by atoms with Crippen molar-refractivity contribution >= 4 is 11.8 Å². The number of anilines is 1. The number of pyridine rings is 2. The van der Waals surface area contributed by atoms with Gasteiger partial charge in [0.05, 0.1) is 17.9 Å². The molecule has 0 aliphatic carbocycles. The molecule has 0 spiro atoms.